The molecule has 0 fully saturated rings. The lowest BCUT2D eigenvalue weighted by Crippen LogP contribution is -2.48. The van der Waals surface area contributed by atoms with E-state index in [4.69, 9.17) is 10.2 Å². The Morgan fingerprint density at radius 3 is 2.42 bits per heavy atom. The summed E-state index contributed by atoms with van der Waals surface area (Å²) in [6, 6.07) is 5.40. The van der Waals surface area contributed by atoms with E-state index >= 15 is 0 Å². The van der Waals surface area contributed by atoms with Gasteiger partial charge in [-0.25, -0.2) is 9.59 Å². The van der Waals surface area contributed by atoms with Crippen molar-refractivity contribution in [1.29, 1.82) is 0 Å². The van der Waals surface area contributed by atoms with Crippen LogP contribution in [0.3, 0.4) is 0 Å². The Bertz CT molecular complexity index is 462. The molecule has 0 bridgehead atoms. The summed E-state index contributed by atoms with van der Waals surface area (Å²) in [5, 5.41) is 22.4. The maximum Gasteiger partial charge on any atom is 0.328 e. The third kappa shape index (κ3) is 4.26. The highest BCUT2D eigenvalue weighted by Crippen LogP contribution is 2.16. The minimum atomic E-state index is -1.30. The van der Waals surface area contributed by atoms with Crippen molar-refractivity contribution in [2.75, 3.05) is 6.61 Å². The van der Waals surface area contributed by atoms with E-state index in [1.807, 2.05) is 31.2 Å². The zero-order valence-electron chi connectivity index (χ0n) is 10.9. The third-order valence-electron chi connectivity index (χ3n) is 2.79. The van der Waals surface area contributed by atoms with Gasteiger partial charge in [0, 0.05) is 0 Å². The molecule has 1 rings (SSSR count). The van der Waals surface area contributed by atoms with Gasteiger partial charge in [-0.3, -0.25) is 0 Å². The average molecular weight is 266 g/mol. The number of aliphatic carboxylic acids is 1. The summed E-state index contributed by atoms with van der Waals surface area (Å²) in [5.41, 5.74) is 1.99. The number of carbonyl (C=O) groups excluding carboxylic acids is 1. The summed E-state index contributed by atoms with van der Waals surface area (Å²) in [6.45, 7) is 3.08. The van der Waals surface area contributed by atoms with Crippen LogP contribution in [0.2, 0.25) is 0 Å². The fourth-order valence-electron chi connectivity index (χ4n) is 1.73. The Balaban J connectivity index is 2.62. The minimum absolute atomic E-state index is 0.255. The van der Waals surface area contributed by atoms with E-state index in [0.29, 0.717) is 0 Å². The lowest BCUT2D eigenvalue weighted by Gasteiger charge is -2.18. The van der Waals surface area contributed by atoms with Crippen molar-refractivity contribution in [2.45, 2.75) is 25.9 Å². The number of hydrogen-bond acceptors (Lipinski definition) is 3. The maximum absolute atomic E-state index is 11.6. The molecule has 0 saturated carbocycles. The van der Waals surface area contributed by atoms with E-state index in [1.54, 1.807) is 6.92 Å². The molecule has 2 amide bonds. The monoisotopic (exact) mass is 266 g/mol. The molecule has 6 heteroatoms. The lowest BCUT2D eigenvalue weighted by molar-refractivity contribution is -0.140. The van der Waals surface area contributed by atoms with Crippen LogP contribution in [0.1, 0.15) is 24.1 Å². The number of carbonyl (C=O) groups is 2. The number of nitrogens with one attached hydrogen (secondary N) is 2. The Hall–Kier alpha value is -2.08. The fourth-order valence-corrected chi connectivity index (χ4v) is 1.73. The first kappa shape index (κ1) is 15.0. The molecule has 6 nitrogen and oxygen atoms in total. The first-order valence-corrected chi connectivity index (χ1v) is 5.92. The average Bonchev–Trinajstić information content (AvgIpc) is 2.35. The lowest BCUT2D eigenvalue weighted by atomic mass is 10.0. The zero-order chi connectivity index (χ0) is 14.4. The molecule has 19 heavy (non-hydrogen) atoms. The molecule has 0 aliphatic carbocycles. The van der Waals surface area contributed by atoms with E-state index in [0.717, 1.165) is 11.1 Å². The first-order valence-electron chi connectivity index (χ1n) is 5.92. The number of aliphatic hydroxyl groups excluding tert-OH is 1. The highest BCUT2D eigenvalue weighted by Gasteiger charge is 2.20. The predicted octanol–water partition coefficient (Wildman–Crippen LogP) is 0.801. The molecule has 0 saturated heterocycles. The molecular formula is C13H18N2O4. The van der Waals surface area contributed by atoms with Gasteiger partial charge in [0.25, 0.3) is 0 Å². The smallest absolute Gasteiger partial charge is 0.328 e. The van der Waals surface area contributed by atoms with Crippen LogP contribution in [-0.4, -0.2) is 34.9 Å². The van der Waals surface area contributed by atoms with Gasteiger partial charge in [0.15, 0.2) is 6.04 Å². The van der Waals surface area contributed by atoms with E-state index in [1.165, 1.54) is 0 Å². The van der Waals surface area contributed by atoms with Crippen molar-refractivity contribution in [3.63, 3.8) is 0 Å². The van der Waals surface area contributed by atoms with Crippen molar-refractivity contribution in [1.82, 2.24) is 10.6 Å². The number of rotatable bonds is 5. The van der Waals surface area contributed by atoms with Crippen LogP contribution in [0.25, 0.3) is 0 Å². The van der Waals surface area contributed by atoms with Gasteiger partial charge in [-0.1, -0.05) is 24.3 Å². The number of urea groups is 1. The van der Waals surface area contributed by atoms with Crippen LogP contribution < -0.4 is 10.6 Å². The normalized spacial score (nSPS) is 13.4. The van der Waals surface area contributed by atoms with Crippen LogP contribution >= 0.6 is 0 Å². The van der Waals surface area contributed by atoms with Crippen molar-refractivity contribution < 1.29 is 19.8 Å². The quantitative estimate of drug-likeness (QED) is 0.633. The molecular weight excluding hydrogens is 248 g/mol. The van der Waals surface area contributed by atoms with Crippen LogP contribution in [0.4, 0.5) is 4.79 Å². The minimum Gasteiger partial charge on any atom is -0.480 e. The fraction of sp³-hybridized carbons (Fsp3) is 0.385. The van der Waals surface area contributed by atoms with Crippen molar-refractivity contribution in [2.24, 2.45) is 0 Å². The van der Waals surface area contributed by atoms with Crippen LogP contribution in [0, 0.1) is 6.92 Å². The van der Waals surface area contributed by atoms with Gasteiger partial charge in [-0.15, -0.1) is 0 Å². The molecule has 0 aromatic heterocycles. The highest BCUT2D eigenvalue weighted by atomic mass is 16.4. The molecule has 2 atom stereocenters. The second kappa shape index (κ2) is 6.75. The van der Waals surface area contributed by atoms with Gasteiger partial charge < -0.3 is 20.8 Å². The molecule has 2 unspecified atom stereocenters. The molecule has 4 N–H and O–H groups in total. The second-order valence-electron chi connectivity index (χ2n) is 4.27. The van der Waals surface area contributed by atoms with Crippen LogP contribution in [0.15, 0.2) is 24.3 Å². The van der Waals surface area contributed by atoms with Gasteiger partial charge in [0.1, 0.15) is 0 Å². The predicted molar refractivity (Wildman–Crippen MR) is 69.8 cm³/mol. The summed E-state index contributed by atoms with van der Waals surface area (Å²) in [5.74, 6) is -1.28. The first-order chi connectivity index (χ1) is 8.95. The molecule has 0 radical (unpaired) electrons. The Kier molecular flexibility index (Phi) is 5.32. The Labute approximate surface area is 111 Å². The van der Waals surface area contributed by atoms with Gasteiger partial charge in [0.2, 0.25) is 0 Å². The van der Waals surface area contributed by atoms with Crippen LogP contribution in [-0.2, 0) is 4.79 Å². The number of carboxylic acids is 1. The summed E-state index contributed by atoms with van der Waals surface area (Å²) < 4.78 is 0. The van der Waals surface area contributed by atoms with Crippen LogP contribution in [0.5, 0.6) is 0 Å². The number of hydrogen-bond donors (Lipinski definition) is 4. The van der Waals surface area contributed by atoms with Gasteiger partial charge in [-0.05, 0) is 25.0 Å². The van der Waals surface area contributed by atoms with Gasteiger partial charge in [-0.2, -0.15) is 0 Å². The molecule has 0 aliphatic rings. The molecule has 104 valence electrons. The highest BCUT2D eigenvalue weighted by molar-refractivity contribution is 5.82. The van der Waals surface area contributed by atoms with Crippen molar-refractivity contribution in [3.8, 4) is 0 Å². The number of aryl methyl sites for hydroxylation is 1. The Morgan fingerprint density at radius 1 is 1.26 bits per heavy atom. The summed E-state index contributed by atoms with van der Waals surface area (Å²) in [6.07, 6.45) is 0. The SMILES string of the molecule is Cc1ccccc1C(C)NC(=O)NC(CO)C(=O)O. The van der Waals surface area contributed by atoms with E-state index in [2.05, 4.69) is 10.6 Å². The Morgan fingerprint density at radius 2 is 1.89 bits per heavy atom. The molecule has 0 aliphatic heterocycles. The standard InChI is InChI=1S/C13H18N2O4/c1-8-5-3-4-6-10(8)9(2)14-13(19)15-11(7-16)12(17)18/h3-6,9,11,16H,7H2,1-2H3,(H,17,18)(H2,14,15,19). The van der Waals surface area contributed by atoms with Crippen molar-refractivity contribution in [3.05, 3.63) is 35.4 Å². The van der Waals surface area contributed by atoms with E-state index in [9.17, 15) is 9.59 Å². The topological polar surface area (TPSA) is 98.7 Å². The molecule has 1 aromatic rings. The maximum atomic E-state index is 11.6. The summed E-state index contributed by atoms with van der Waals surface area (Å²) in [4.78, 5) is 22.3. The summed E-state index contributed by atoms with van der Waals surface area (Å²) >= 11 is 0. The number of benzene rings is 1. The third-order valence-corrected chi connectivity index (χ3v) is 2.79. The van der Waals surface area contributed by atoms with Crippen molar-refractivity contribution >= 4 is 12.0 Å². The largest absolute Gasteiger partial charge is 0.480 e. The number of carboxylic acid groups (broad SMARTS) is 1. The van der Waals surface area contributed by atoms with Gasteiger partial charge >= 0.3 is 12.0 Å². The van der Waals surface area contributed by atoms with E-state index < -0.39 is 24.6 Å². The molecule has 0 heterocycles. The zero-order valence-corrected chi connectivity index (χ0v) is 10.9. The molecule has 0 spiro atoms. The number of aliphatic hydroxyl groups is 1. The van der Waals surface area contributed by atoms with Gasteiger partial charge in [0.05, 0.1) is 12.6 Å². The molecule has 1 aromatic carbocycles. The van der Waals surface area contributed by atoms with E-state index in [-0.39, 0.29) is 6.04 Å². The summed E-state index contributed by atoms with van der Waals surface area (Å²) in [7, 11) is 0. The number of amides is 2. The second-order valence-corrected chi connectivity index (χ2v) is 4.27.